The first-order chi connectivity index (χ1) is 14.8. The molecular weight excluding hydrogens is 403 g/mol. The molecule has 0 bridgehead atoms. The van der Waals surface area contributed by atoms with Gasteiger partial charge in [-0.15, -0.1) is 0 Å². The van der Waals surface area contributed by atoms with Crippen molar-refractivity contribution in [2.45, 2.75) is 25.6 Å². The summed E-state index contributed by atoms with van der Waals surface area (Å²) >= 11 is 0. The molecule has 3 aromatic carbocycles. The van der Waals surface area contributed by atoms with Gasteiger partial charge in [-0.1, -0.05) is 60.7 Å². The summed E-state index contributed by atoms with van der Waals surface area (Å²) in [6.07, 6.45) is -3.90. The number of nitrogens with one attached hydrogen (secondary N) is 1. The van der Waals surface area contributed by atoms with Crippen LogP contribution in [0.1, 0.15) is 28.4 Å². The molecule has 0 spiro atoms. The molecule has 31 heavy (non-hydrogen) atoms. The lowest BCUT2D eigenvalue weighted by Gasteiger charge is -2.15. The minimum atomic E-state index is -4.35. The smallest absolute Gasteiger partial charge is 0.416 e. The van der Waals surface area contributed by atoms with E-state index in [1.54, 1.807) is 18.2 Å². The number of hydrogen-bond donors (Lipinski definition) is 1. The van der Waals surface area contributed by atoms with Gasteiger partial charge in [-0.3, -0.25) is 0 Å². The molecule has 3 rings (SSSR count). The third kappa shape index (κ3) is 6.69. The van der Waals surface area contributed by atoms with Gasteiger partial charge in [0.1, 0.15) is 6.61 Å². The highest BCUT2D eigenvalue weighted by Gasteiger charge is 2.30. The van der Waals surface area contributed by atoms with Gasteiger partial charge in [0.05, 0.1) is 11.1 Å². The maximum atomic E-state index is 12.8. The summed E-state index contributed by atoms with van der Waals surface area (Å²) in [6, 6.07) is 22.3. The minimum Gasteiger partial charge on any atom is -0.461 e. The van der Waals surface area contributed by atoms with Crippen LogP contribution in [0.15, 0.2) is 78.9 Å². The van der Waals surface area contributed by atoms with Crippen molar-refractivity contribution in [1.82, 2.24) is 5.32 Å². The fourth-order valence-corrected chi connectivity index (χ4v) is 3.26. The molecule has 1 atom stereocenters. The van der Waals surface area contributed by atoms with E-state index < -0.39 is 17.7 Å². The first kappa shape index (κ1) is 22.6. The predicted molar refractivity (Wildman–Crippen MR) is 115 cm³/mol. The molecule has 162 valence electrons. The van der Waals surface area contributed by atoms with Crippen molar-refractivity contribution in [3.05, 3.63) is 95.6 Å². The van der Waals surface area contributed by atoms with Crippen molar-refractivity contribution in [2.24, 2.45) is 0 Å². The zero-order valence-electron chi connectivity index (χ0n) is 17.2. The molecule has 0 saturated heterocycles. The third-order valence-electron chi connectivity index (χ3n) is 4.85. The van der Waals surface area contributed by atoms with E-state index in [0.717, 1.165) is 23.3 Å². The first-order valence-electron chi connectivity index (χ1n) is 10.0. The highest BCUT2D eigenvalue weighted by molar-refractivity contribution is 5.90. The Bertz CT molecular complexity index is 986. The monoisotopic (exact) mass is 427 g/mol. The predicted octanol–water partition coefficient (Wildman–Crippen LogP) is 5.75. The maximum absolute atomic E-state index is 12.8. The van der Waals surface area contributed by atoms with E-state index in [0.29, 0.717) is 24.1 Å². The van der Waals surface area contributed by atoms with Gasteiger partial charge < -0.3 is 10.1 Å². The normalized spacial score (nSPS) is 12.4. The van der Waals surface area contributed by atoms with Gasteiger partial charge in [-0.25, -0.2) is 4.79 Å². The van der Waals surface area contributed by atoms with Crippen LogP contribution in [-0.2, 0) is 17.3 Å². The molecule has 0 aliphatic carbocycles. The SMILES string of the molecule is C[C@H](Cc1cccc(C(F)(F)F)c1)NCCOC(=O)c1ccc(-c2ccccc2)cc1. The van der Waals surface area contributed by atoms with E-state index >= 15 is 0 Å². The maximum Gasteiger partial charge on any atom is 0.416 e. The molecule has 0 aliphatic rings. The fourth-order valence-electron chi connectivity index (χ4n) is 3.26. The van der Waals surface area contributed by atoms with E-state index in [1.807, 2.05) is 49.4 Å². The number of rotatable bonds is 8. The topological polar surface area (TPSA) is 38.3 Å². The Hall–Kier alpha value is -3.12. The lowest BCUT2D eigenvalue weighted by Crippen LogP contribution is -2.31. The summed E-state index contributed by atoms with van der Waals surface area (Å²) < 4.78 is 43.7. The number of carbonyl (C=O) groups excluding carboxylic acids is 1. The molecule has 3 aromatic rings. The van der Waals surface area contributed by atoms with Gasteiger partial charge in [-0.05, 0) is 48.2 Å². The molecule has 0 aliphatic heterocycles. The number of ether oxygens (including phenoxy) is 1. The van der Waals surface area contributed by atoms with Crippen LogP contribution in [0.5, 0.6) is 0 Å². The molecule has 0 aromatic heterocycles. The number of benzene rings is 3. The number of carbonyl (C=O) groups is 1. The Kier molecular flexibility index (Phi) is 7.47. The van der Waals surface area contributed by atoms with E-state index in [4.69, 9.17) is 4.74 Å². The molecule has 3 nitrogen and oxygen atoms in total. The second kappa shape index (κ2) is 10.3. The molecular formula is C25H24F3NO2. The van der Waals surface area contributed by atoms with Crippen LogP contribution in [0, 0.1) is 0 Å². The number of hydrogen-bond acceptors (Lipinski definition) is 3. The molecule has 0 amide bonds. The second-order valence-electron chi connectivity index (χ2n) is 7.34. The van der Waals surface area contributed by atoms with Crippen LogP contribution in [0.4, 0.5) is 13.2 Å². The standard InChI is InChI=1S/C25H24F3NO2/c1-18(16-19-6-5-9-23(17-19)25(26,27)28)29-14-15-31-24(30)22-12-10-21(11-13-22)20-7-3-2-4-8-20/h2-13,17-18,29H,14-16H2,1H3/t18-/m1/s1. The van der Waals surface area contributed by atoms with E-state index in [9.17, 15) is 18.0 Å². The summed E-state index contributed by atoms with van der Waals surface area (Å²) in [7, 11) is 0. The van der Waals surface area contributed by atoms with Crippen molar-refractivity contribution in [3.8, 4) is 11.1 Å². The zero-order valence-corrected chi connectivity index (χ0v) is 17.2. The van der Waals surface area contributed by atoms with Gasteiger partial charge in [0.2, 0.25) is 0 Å². The Morgan fingerprint density at radius 2 is 1.61 bits per heavy atom. The van der Waals surface area contributed by atoms with Crippen LogP contribution in [0.3, 0.4) is 0 Å². The molecule has 0 saturated carbocycles. The summed E-state index contributed by atoms with van der Waals surface area (Å²) in [5.74, 6) is -0.410. The number of halogens is 3. The Balaban J connectivity index is 1.42. The minimum absolute atomic E-state index is 0.0626. The van der Waals surface area contributed by atoms with Crippen LogP contribution >= 0.6 is 0 Å². The van der Waals surface area contributed by atoms with Crippen molar-refractivity contribution in [2.75, 3.05) is 13.2 Å². The van der Waals surface area contributed by atoms with Crippen molar-refractivity contribution in [3.63, 3.8) is 0 Å². The van der Waals surface area contributed by atoms with Crippen molar-refractivity contribution >= 4 is 5.97 Å². The Morgan fingerprint density at radius 1 is 0.935 bits per heavy atom. The molecule has 6 heteroatoms. The van der Waals surface area contributed by atoms with Gasteiger partial charge in [0, 0.05) is 12.6 Å². The third-order valence-corrected chi connectivity index (χ3v) is 4.85. The lowest BCUT2D eigenvalue weighted by molar-refractivity contribution is -0.137. The van der Waals surface area contributed by atoms with Gasteiger partial charge in [-0.2, -0.15) is 13.2 Å². The molecule has 0 fully saturated rings. The Morgan fingerprint density at radius 3 is 2.29 bits per heavy atom. The van der Waals surface area contributed by atoms with E-state index in [-0.39, 0.29) is 12.6 Å². The quantitative estimate of drug-likeness (QED) is 0.367. The van der Waals surface area contributed by atoms with Crippen molar-refractivity contribution in [1.29, 1.82) is 0 Å². The fraction of sp³-hybridized carbons (Fsp3) is 0.240. The lowest BCUT2D eigenvalue weighted by atomic mass is 10.0. The average molecular weight is 427 g/mol. The molecule has 1 N–H and O–H groups in total. The molecule has 0 radical (unpaired) electrons. The highest BCUT2D eigenvalue weighted by atomic mass is 19.4. The van der Waals surface area contributed by atoms with Gasteiger partial charge in [0.25, 0.3) is 0 Å². The van der Waals surface area contributed by atoms with Crippen LogP contribution < -0.4 is 5.32 Å². The largest absolute Gasteiger partial charge is 0.461 e. The van der Waals surface area contributed by atoms with E-state index in [2.05, 4.69) is 5.32 Å². The summed E-state index contributed by atoms with van der Waals surface area (Å²) in [6.45, 7) is 2.46. The second-order valence-corrected chi connectivity index (χ2v) is 7.34. The summed E-state index contributed by atoms with van der Waals surface area (Å²) in [5, 5.41) is 3.17. The van der Waals surface area contributed by atoms with Gasteiger partial charge in [0.15, 0.2) is 0 Å². The summed E-state index contributed by atoms with van der Waals surface area (Å²) in [5.41, 5.74) is 2.51. The summed E-state index contributed by atoms with van der Waals surface area (Å²) in [4.78, 5) is 12.2. The molecule has 0 unspecified atom stereocenters. The zero-order chi connectivity index (χ0) is 22.3. The van der Waals surface area contributed by atoms with E-state index in [1.165, 1.54) is 6.07 Å². The Labute approximate surface area is 179 Å². The van der Waals surface area contributed by atoms with Crippen molar-refractivity contribution < 1.29 is 22.7 Å². The highest BCUT2D eigenvalue weighted by Crippen LogP contribution is 2.29. The molecule has 0 heterocycles. The number of alkyl halides is 3. The average Bonchev–Trinajstić information content (AvgIpc) is 2.77. The number of esters is 1. The first-order valence-corrected chi connectivity index (χ1v) is 10.0. The van der Waals surface area contributed by atoms with Crippen LogP contribution in [0.25, 0.3) is 11.1 Å². The van der Waals surface area contributed by atoms with Gasteiger partial charge >= 0.3 is 12.1 Å². The van der Waals surface area contributed by atoms with Crippen LogP contribution in [0.2, 0.25) is 0 Å². The van der Waals surface area contributed by atoms with Crippen LogP contribution in [-0.4, -0.2) is 25.2 Å².